The summed E-state index contributed by atoms with van der Waals surface area (Å²) in [7, 11) is 0. The van der Waals surface area contributed by atoms with Crippen molar-refractivity contribution in [3.8, 4) is 0 Å². The van der Waals surface area contributed by atoms with E-state index >= 15 is 0 Å². The van der Waals surface area contributed by atoms with Gasteiger partial charge in [0.2, 0.25) is 0 Å². The third-order valence-corrected chi connectivity index (χ3v) is 2.53. The number of nitrogens with two attached hydrogens (primary N) is 1. The molecule has 0 unspecified atom stereocenters. The van der Waals surface area contributed by atoms with Gasteiger partial charge in [-0.25, -0.2) is 0 Å². The Morgan fingerprint density at radius 3 is 2.27 bits per heavy atom. The van der Waals surface area contributed by atoms with Gasteiger partial charge >= 0.3 is 5.97 Å². The molecule has 64 valence electrons. The fourth-order valence-electron chi connectivity index (χ4n) is 1.65. The van der Waals surface area contributed by atoms with Crippen LogP contribution in [0, 0.1) is 11.8 Å². The van der Waals surface area contributed by atoms with Gasteiger partial charge in [0.1, 0.15) is 0 Å². The lowest BCUT2D eigenvalue weighted by molar-refractivity contribution is -0.143. The average Bonchev–Trinajstić information content (AvgIpc) is 2.05. The van der Waals surface area contributed by atoms with Crippen molar-refractivity contribution < 1.29 is 9.90 Å². The predicted molar refractivity (Wildman–Crippen MR) is 42.1 cm³/mol. The summed E-state index contributed by atoms with van der Waals surface area (Å²) < 4.78 is 0. The van der Waals surface area contributed by atoms with Gasteiger partial charge in [0.15, 0.2) is 0 Å². The number of carbonyl (C=O) groups is 1. The molecule has 3 nitrogen and oxygen atoms in total. The van der Waals surface area contributed by atoms with E-state index in [4.69, 9.17) is 10.8 Å². The van der Waals surface area contributed by atoms with E-state index in [2.05, 4.69) is 0 Å². The van der Waals surface area contributed by atoms with Crippen molar-refractivity contribution in [1.29, 1.82) is 0 Å². The fourth-order valence-corrected chi connectivity index (χ4v) is 1.65. The lowest BCUT2D eigenvalue weighted by Gasteiger charge is -2.24. The molecule has 1 fully saturated rings. The Balaban J connectivity index is 2.30. The van der Waals surface area contributed by atoms with E-state index in [1.165, 1.54) is 0 Å². The van der Waals surface area contributed by atoms with Crippen molar-refractivity contribution in [3.05, 3.63) is 0 Å². The van der Waals surface area contributed by atoms with E-state index in [1.54, 1.807) is 0 Å². The second-order valence-electron chi connectivity index (χ2n) is 3.29. The molecule has 1 saturated carbocycles. The van der Waals surface area contributed by atoms with Crippen molar-refractivity contribution in [1.82, 2.24) is 0 Å². The van der Waals surface area contributed by atoms with Crippen LogP contribution in [0.25, 0.3) is 0 Å². The monoisotopic (exact) mass is 163 g/mol. The molecular weight excluding hydrogens is 148 g/mol. The summed E-state index contributed by atoms with van der Waals surface area (Å²) in [5.74, 6) is -0.163. The highest BCUT2D eigenvalue weighted by Crippen LogP contribution is 2.27. The normalized spacial score (nSPS) is 31.7. The molecule has 3 heteroatoms. The van der Waals surface area contributed by atoms with E-state index in [1.807, 2.05) is 0 Å². The molecule has 0 aromatic carbocycles. The van der Waals surface area contributed by atoms with Crippen LogP contribution in [0.1, 0.15) is 25.7 Å². The van der Waals surface area contributed by atoms with Crippen molar-refractivity contribution in [2.75, 3.05) is 6.54 Å². The zero-order valence-electron chi connectivity index (χ0n) is 6.62. The molecule has 0 radical (unpaired) electrons. The third-order valence-electron chi connectivity index (χ3n) is 2.53. The van der Waals surface area contributed by atoms with Gasteiger partial charge in [0.05, 0.1) is 5.92 Å². The minimum Gasteiger partial charge on any atom is -0.481 e. The molecule has 3 N–H and O–H groups in total. The largest absolute Gasteiger partial charge is 0.481 e. The highest BCUT2D eigenvalue weighted by Gasteiger charge is 2.24. The molecule has 11 heavy (non-hydrogen) atoms. The van der Waals surface area contributed by atoms with E-state index in [9.17, 15) is 4.79 Å². The first-order chi connectivity index (χ1) is 5.24. The molecule has 0 saturated heterocycles. The molecule has 1 aliphatic rings. The first kappa shape index (κ1) is 8.53. The maximum absolute atomic E-state index is 10.5. The van der Waals surface area contributed by atoms with Gasteiger partial charge in [-0.3, -0.25) is 4.79 Å². The van der Waals surface area contributed by atoms with Crippen LogP contribution < -0.4 is 5.73 Å². The van der Waals surface area contributed by atoms with E-state index in [0.29, 0.717) is 12.5 Å². The van der Waals surface area contributed by atoms with Gasteiger partial charge in [-0.05, 0) is 38.1 Å². The quantitative estimate of drug-likeness (QED) is 0.593. The molecule has 1 rings (SSSR count). The molecule has 0 heterocycles. The highest BCUT2D eigenvalue weighted by molar-refractivity contribution is 5.69. The Morgan fingerprint density at radius 2 is 1.91 bits per heavy atom. The van der Waals surface area contributed by atoms with Crippen LogP contribution in [0.15, 0.2) is 0 Å². The van der Waals surface area contributed by atoms with Crippen LogP contribution in [-0.4, -0.2) is 17.6 Å². The SMILES string of the molecule is NC[13CH]1[13CH2][13CH2][13CH](C(=O)O)[13CH2][13CH2]1. The van der Waals surface area contributed by atoms with E-state index in [-0.39, 0.29) is 5.92 Å². The lowest BCUT2D eigenvalue weighted by atomic mass is 10.6. The van der Waals surface area contributed by atoms with Gasteiger partial charge in [-0.2, -0.15) is 0 Å². The molecule has 0 bridgehead atoms. The second kappa shape index (κ2) is 3.72. The maximum Gasteiger partial charge on any atom is 0.306 e. The Hall–Kier alpha value is -0.570. The number of hydrogen-bond acceptors (Lipinski definition) is 2. The Bertz CT molecular complexity index is 139. The van der Waals surface area contributed by atoms with Crippen molar-refractivity contribution in [2.45, 2.75) is 25.7 Å². The molecule has 0 aromatic heterocycles. The summed E-state index contributed by atoms with van der Waals surface area (Å²) in [6.07, 6.45) is 3.62. The smallest absolute Gasteiger partial charge is 0.306 e. The standard InChI is InChI=1S/C8H15NO2/c9-5-6-1-3-7(4-2-6)8(10)11/h6-7H,1-5,9H2,(H,10,11)/i1+1,2+1,3+1,4+1,6+1,7+1. The maximum atomic E-state index is 10.5. The zero-order chi connectivity index (χ0) is 8.27. The molecule has 0 spiro atoms. The van der Waals surface area contributed by atoms with Gasteiger partial charge in [-0.15, -0.1) is 0 Å². The minimum absolute atomic E-state index is 0.0993. The van der Waals surface area contributed by atoms with Crippen molar-refractivity contribution >= 4 is 5.97 Å². The van der Waals surface area contributed by atoms with Crippen LogP contribution in [0.4, 0.5) is 0 Å². The predicted octanol–water partition coefficient (Wildman–Crippen LogP) is 0.836. The minimum atomic E-state index is -0.638. The van der Waals surface area contributed by atoms with Crippen molar-refractivity contribution in [3.63, 3.8) is 0 Å². The van der Waals surface area contributed by atoms with Crippen LogP contribution in [0.2, 0.25) is 0 Å². The second-order valence-corrected chi connectivity index (χ2v) is 3.29. The molecular formula is C8H15NO2. The summed E-state index contributed by atoms with van der Waals surface area (Å²) in [4.78, 5) is 10.5. The molecule has 1 aliphatic carbocycles. The number of aliphatic carboxylic acids is 1. The molecule has 0 aromatic rings. The molecule has 0 atom stereocenters. The van der Waals surface area contributed by atoms with Gasteiger partial charge in [0, 0.05) is 0 Å². The number of rotatable bonds is 2. The zero-order valence-corrected chi connectivity index (χ0v) is 6.62. The number of carboxylic acids is 1. The van der Waals surface area contributed by atoms with Gasteiger partial charge in [-0.1, -0.05) is 0 Å². The lowest BCUT2D eigenvalue weighted by Crippen LogP contribution is -2.25. The average molecular weight is 163 g/mol. The van der Waals surface area contributed by atoms with E-state index in [0.717, 1.165) is 25.7 Å². The topological polar surface area (TPSA) is 63.3 Å². The van der Waals surface area contributed by atoms with Crippen molar-refractivity contribution in [2.24, 2.45) is 17.6 Å². The summed E-state index contributed by atoms with van der Waals surface area (Å²) in [5, 5.41) is 8.67. The third kappa shape index (κ3) is 2.19. The molecule has 0 amide bonds. The van der Waals surface area contributed by atoms with E-state index < -0.39 is 5.97 Å². The highest BCUT2D eigenvalue weighted by atomic mass is 16.4. The summed E-state index contributed by atoms with van der Waals surface area (Å²) >= 11 is 0. The van der Waals surface area contributed by atoms with Crippen LogP contribution in [0.3, 0.4) is 0 Å². The summed E-state index contributed by atoms with van der Waals surface area (Å²) in [5.41, 5.74) is 5.48. The number of hydrogen-bond donors (Lipinski definition) is 2. The summed E-state index contributed by atoms with van der Waals surface area (Å²) in [6.45, 7) is 0.715. The van der Waals surface area contributed by atoms with Crippen LogP contribution >= 0.6 is 0 Å². The fraction of sp³-hybridized carbons (Fsp3) is 0.875. The molecule has 0 aliphatic heterocycles. The first-order valence-corrected chi connectivity index (χ1v) is 4.17. The number of carboxylic acid groups (broad SMARTS) is 1. The Morgan fingerprint density at radius 1 is 1.36 bits per heavy atom. The Labute approximate surface area is 66.6 Å². The Kier molecular flexibility index (Phi) is 2.88. The summed E-state index contributed by atoms with van der Waals surface area (Å²) in [6, 6.07) is 0. The first-order valence-electron chi connectivity index (χ1n) is 4.17. The van der Waals surface area contributed by atoms with Gasteiger partial charge in [0.25, 0.3) is 0 Å². The van der Waals surface area contributed by atoms with Crippen LogP contribution in [-0.2, 0) is 4.79 Å². The van der Waals surface area contributed by atoms with Crippen LogP contribution in [0.5, 0.6) is 0 Å². The van der Waals surface area contributed by atoms with Gasteiger partial charge < -0.3 is 10.8 Å².